The summed E-state index contributed by atoms with van der Waals surface area (Å²) in [6.07, 6.45) is 2.45. The van der Waals surface area contributed by atoms with E-state index in [0.717, 1.165) is 60.6 Å². The van der Waals surface area contributed by atoms with E-state index in [9.17, 15) is 9.59 Å². The van der Waals surface area contributed by atoms with Crippen molar-refractivity contribution in [1.29, 1.82) is 0 Å². The van der Waals surface area contributed by atoms with Gasteiger partial charge in [-0.2, -0.15) is 0 Å². The summed E-state index contributed by atoms with van der Waals surface area (Å²) in [5, 5.41) is 6.34. The summed E-state index contributed by atoms with van der Waals surface area (Å²) < 4.78 is 6.48. The van der Waals surface area contributed by atoms with Crippen molar-refractivity contribution in [2.45, 2.75) is 19.9 Å². The molecule has 0 radical (unpaired) electrons. The number of benzene rings is 2. The van der Waals surface area contributed by atoms with Crippen LogP contribution in [0.4, 0.5) is 21.3 Å². The number of nitrogens with two attached hydrogens (primary N) is 1. The van der Waals surface area contributed by atoms with Gasteiger partial charge in [0.25, 0.3) is 5.91 Å². The molecule has 0 bridgehead atoms. The maximum atomic E-state index is 13.4. The molecule has 3 amide bonds. The molecule has 3 heterocycles. The minimum atomic E-state index is -0.351. The average molecular weight is 560 g/mol. The number of aromatic nitrogens is 2. The van der Waals surface area contributed by atoms with Crippen LogP contribution in [0.15, 0.2) is 60.8 Å². The van der Waals surface area contributed by atoms with Crippen molar-refractivity contribution in [3.63, 3.8) is 0 Å². The van der Waals surface area contributed by atoms with E-state index in [1.807, 2.05) is 25.1 Å². The number of urea groups is 1. The molecule has 1 saturated heterocycles. The van der Waals surface area contributed by atoms with Crippen LogP contribution in [0.25, 0.3) is 10.2 Å². The molecule has 4 aromatic rings. The standard InChI is InChI=1S/C29H33N7O3S/c1-20-7-9-24-26(17-20)40-28(33-24)34-29(38)36(12-4-11-35-13-15-39-16-14-35)19-21-8-10-25(31-18-21)27(37)32-23-6-3-2-5-22(23)30/h2-3,5-10,17-18H,4,11-16,19,30H2,1H3,(H,32,37)(H,33,34,38). The van der Waals surface area contributed by atoms with Gasteiger partial charge in [0, 0.05) is 38.9 Å². The van der Waals surface area contributed by atoms with Gasteiger partial charge >= 0.3 is 6.03 Å². The number of nitrogens with one attached hydrogen (secondary N) is 2. The molecule has 0 atom stereocenters. The molecule has 40 heavy (non-hydrogen) atoms. The molecular weight excluding hydrogens is 526 g/mol. The number of carbonyl (C=O) groups excluding carboxylic acids is 2. The number of hydrogen-bond donors (Lipinski definition) is 3. The smallest absolute Gasteiger partial charge is 0.323 e. The van der Waals surface area contributed by atoms with Gasteiger partial charge < -0.3 is 20.7 Å². The number of amides is 3. The normalized spacial score (nSPS) is 13.7. The van der Waals surface area contributed by atoms with Gasteiger partial charge in [-0.25, -0.2) is 9.78 Å². The maximum absolute atomic E-state index is 13.4. The second kappa shape index (κ2) is 12.9. The Labute approximate surface area is 237 Å². The zero-order valence-electron chi connectivity index (χ0n) is 22.4. The Hall–Kier alpha value is -4.06. The lowest BCUT2D eigenvalue weighted by atomic mass is 10.2. The summed E-state index contributed by atoms with van der Waals surface area (Å²) >= 11 is 1.46. The first kappa shape index (κ1) is 27.5. The second-order valence-corrected chi connectivity index (χ2v) is 10.8. The highest BCUT2D eigenvalue weighted by atomic mass is 32.1. The highest BCUT2D eigenvalue weighted by Gasteiger charge is 2.18. The van der Waals surface area contributed by atoms with Gasteiger partial charge in [-0.05, 0) is 54.8 Å². The summed E-state index contributed by atoms with van der Waals surface area (Å²) in [6.45, 7) is 7.11. The molecule has 0 aliphatic carbocycles. The van der Waals surface area contributed by atoms with E-state index in [1.54, 1.807) is 41.4 Å². The Kier molecular flexibility index (Phi) is 8.84. The van der Waals surface area contributed by atoms with Gasteiger partial charge in [-0.1, -0.05) is 35.6 Å². The number of aryl methyl sites for hydroxylation is 1. The number of fused-ring (bicyclic) bond motifs is 1. The fourth-order valence-electron chi connectivity index (χ4n) is 4.49. The van der Waals surface area contributed by atoms with Crippen LogP contribution >= 0.6 is 11.3 Å². The number of thiazole rings is 1. The van der Waals surface area contributed by atoms with Gasteiger partial charge in [-0.15, -0.1) is 0 Å². The fourth-order valence-corrected chi connectivity index (χ4v) is 5.44. The highest BCUT2D eigenvalue weighted by molar-refractivity contribution is 7.22. The van der Waals surface area contributed by atoms with E-state index in [-0.39, 0.29) is 17.6 Å². The second-order valence-electron chi connectivity index (χ2n) is 9.74. The van der Waals surface area contributed by atoms with Crippen molar-refractivity contribution < 1.29 is 14.3 Å². The number of rotatable bonds is 9. The topological polar surface area (TPSA) is 126 Å². The quantitative estimate of drug-likeness (QED) is 0.256. The molecule has 2 aromatic heterocycles. The SMILES string of the molecule is Cc1ccc2nc(NC(=O)N(CCCN3CCOCC3)Cc3ccc(C(=O)Nc4ccccc4N)nc3)sc2c1. The summed E-state index contributed by atoms with van der Waals surface area (Å²) in [4.78, 5) is 39.1. The first-order chi connectivity index (χ1) is 19.4. The Bertz CT molecular complexity index is 1470. The number of ether oxygens (including phenoxy) is 1. The van der Waals surface area contributed by atoms with Gasteiger partial charge in [0.2, 0.25) is 0 Å². The van der Waals surface area contributed by atoms with Crippen molar-refractivity contribution in [1.82, 2.24) is 19.8 Å². The van der Waals surface area contributed by atoms with Crippen molar-refractivity contribution >= 4 is 50.0 Å². The number of nitrogen functional groups attached to an aromatic ring is 1. The molecule has 2 aromatic carbocycles. The highest BCUT2D eigenvalue weighted by Crippen LogP contribution is 2.27. The van der Waals surface area contributed by atoms with Crippen molar-refractivity contribution in [3.8, 4) is 0 Å². The maximum Gasteiger partial charge on any atom is 0.323 e. The van der Waals surface area contributed by atoms with Crippen LogP contribution in [0, 0.1) is 6.92 Å². The van der Waals surface area contributed by atoms with Gasteiger partial charge in [-0.3, -0.25) is 20.0 Å². The third-order valence-corrected chi connectivity index (χ3v) is 7.62. The summed E-state index contributed by atoms with van der Waals surface area (Å²) in [5.74, 6) is -0.351. The largest absolute Gasteiger partial charge is 0.397 e. The van der Waals surface area contributed by atoms with Crippen LogP contribution in [0.2, 0.25) is 0 Å². The van der Waals surface area contributed by atoms with Crippen LogP contribution in [0.1, 0.15) is 28.0 Å². The third kappa shape index (κ3) is 7.12. The van der Waals surface area contributed by atoms with E-state index in [2.05, 4.69) is 31.6 Å². The third-order valence-electron chi connectivity index (χ3n) is 6.69. The van der Waals surface area contributed by atoms with Crippen LogP contribution in [-0.2, 0) is 11.3 Å². The number of pyridine rings is 1. The van der Waals surface area contributed by atoms with E-state index in [0.29, 0.717) is 29.6 Å². The number of morpholine rings is 1. The van der Waals surface area contributed by atoms with Crippen LogP contribution < -0.4 is 16.4 Å². The van der Waals surface area contributed by atoms with Gasteiger partial charge in [0.05, 0.1) is 34.8 Å². The first-order valence-electron chi connectivity index (χ1n) is 13.3. The van der Waals surface area contributed by atoms with Crippen LogP contribution in [0.3, 0.4) is 0 Å². The number of anilines is 3. The zero-order valence-corrected chi connectivity index (χ0v) is 23.2. The number of nitrogens with zero attached hydrogens (tertiary/aromatic N) is 4. The molecule has 1 aliphatic heterocycles. The number of carbonyl (C=O) groups is 2. The molecule has 10 nitrogen and oxygen atoms in total. The lowest BCUT2D eigenvalue weighted by Crippen LogP contribution is -2.40. The molecule has 208 valence electrons. The molecular formula is C29H33N7O3S. The molecule has 5 rings (SSSR count). The van der Waals surface area contributed by atoms with E-state index < -0.39 is 0 Å². The molecule has 0 spiro atoms. The summed E-state index contributed by atoms with van der Waals surface area (Å²) in [5.41, 5.74) is 10.0. The molecule has 0 saturated carbocycles. The Morgan fingerprint density at radius 2 is 1.93 bits per heavy atom. The van der Waals surface area contributed by atoms with Crippen molar-refractivity contribution in [2.75, 3.05) is 55.8 Å². The fraction of sp³-hybridized carbons (Fsp3) is 0.310. The summed E-state index contributed by atoms with van der Waals surface area (Å²) in [6, 6.07) is 16.4. The van der Waals surface area contributed by atoms with Crippen molar-refractivity contribution in [3.05, 3.63) is 77.6 Å². The van der Waals surface area contributed by atoms with Crippen LogP contribution in [0.5, 0.6) is 0 Å². The van der Waals surface area contributed by atoms with Gasteiger partial charge in [0.15, 0.2) is 5.13 Å². The Morgan fingerprint density at radius 3 is 2.70 bits per heavy atom. The van der Waals surface area contributed by atoms with E-state index in [4.69, 9.17) is 10.5 Å². The Morgan fingerprint density at radius 1 is 1.10 bits per heavy atom. The lowest BCUT2D eigenvalue weighted by molar-refractivity contribution is 0.0365. The minimum Gasteiger partial charge on any atom is -0.397 e. The van der Waals surface area contributed by atoms with E-state index in [1.165, 1.54) is 11.3 Å². The number of hydrogen-bond acceptors (Lipinski definition) is 8. The predicted octanol–water partition coefficient (Wildman–Crippen LogP) is 4.59. The molecule has 1 aliphatic rings. The average Bonchev–Trinajstić information content (AvgIpc) is 3.36. The summed E-state index contributed by atoms with van der Waals surface area (Å²) in [7, 11) is 0. The zero-order chi connectivity index (χ0) is 27.9. The van der Waals surface area contributed by atoms with Crippen molar-refractivity contribution in [2.24, 2.45) is 0 Å². The monoisotopic (exact) mass is 559 g/mol. The van der Waals surface area contributed by atoms with Crippen LogP contribution in [-0.4, -0.2) is 71.1 Å². The molecule has 11 heteroatoms. The number of para-hydroxylation sites is 2. The predicted molar refractivity (Wildman–Crippen MR) is 159 cm³/mol. The molecule has 4 N–H and O–H groups in total. The molecule has 0 unspecified atom stereocenters. The lowest BCUT2D eigenvalue weighted by Gasteiger charge is -2.28. The minimum absolute atomic E-state index is 0.223. The molecule has 1 fully saturated rings. The van der Waals surface area contributed by atoms with Gasteiger partial charge in [0.1, 0.15) is 5.69 Å². The van der Waals surface area contributed by atoms with E-state index >= 15 is 0 Å². The Balaban J connectivity index is 1.25. The first-order valence-corrected chi connectivity index (χ1v) is 14.1.